The molecule has 2 heterocycles. The molecule has 3 rings (SSSR count). The number of hydrogen-bond donors (Lipinski definition) is 2. The molecule has 0 saturated heterocycles. The first-order valence-electron chi connectivity index (χ1n) is 8.20. The minimum atomic E-state index is -0.222. The number of carbonyl (C=O) groups is 1. The van der Waals surface area contributed by atoms with E-state index in [4.69, 9.17) is 4.42 Å². The summed E-state index contributed by atoms with van der Waals surface area (Å²) in [6.45, 7) is 0.376. The smallest absolute Gasteiger partial charge is 0.244 e. The summed E-state index contributed by atoms with van der Waals surface area (Å²) in [4.78, 5) is 16.2. The van der Waals surface area contributed by atoms with Gasteiger partial charge in [0.15, 0.2) is 0 Å². The molecule has 0 aliphatic carbocycles. The van der Waals surface area contributed by atoms with Crippen molar-refractivity contribution in [2.45, 2.75) is 6.42 Å². The molecule has 0 fully saturated rings. The van der Waals surface area contributed by atoms with Gasteiger partial charge in [-0.3, -0.25) is 9.78 Å². The Balaban J connectivity index is 1.52. The van der Waals surface area contributed by atoms with E-state index in [0.717, 1.165) is 16.7 Å². The molecule has 3 aromatic rings. The van der Waals surface area contributed by atoms with Crippen LogP contribution in [0.3, 0.4) is 0 Å². The Morgan fingerprint density at radius 1 is 1.24 bits per heavy atom. The average molecular weight is 336 g/mol. The van der Waals surface area contributed by atoms with E-state index in [2.05, 4.69) is 10.3 Å². The second-order valence-corrected chi connectivity index (χ2v) is 5.84. The standard InChI is InChI=1S/C20H20N2O3/c23-14-15(11-17-6-3-4-10-21-17)13-22-20(24)9-8-18-12-16-5-1-2-7-19(16)25-18/h1-10,12,15,23H,11,13-14H2,(H,22,24). The molecule has 0 aliphatic heterocycles. The molecular formula is C20H20N2O3. The second kappa shape index (κ2) is 8.26. The van der Waals surface area contributed by atoms with Crippen molar-refractivity contribution in [2.24, 2.45) is 5.92 Å². The third kappa shape index (κ3) is 4.78. The summed E-state index contributed by atoms with van der Waals surface area (Å²) in [5.41, 5.74) is 1.69. The first-order chi connectivity index (χ1) is 12.2. The quantitative estimate of drug-likeness (QED) is 0.651. The van der Waals surface area contributed by atoms with Crippen molar-refractivity contribution in [3.05, 3.63) is 72.3 Å². The number of benzene rings is 1. The molecule has 2 aromatic heterocycles. The predicted molar refractivity (Wildman–Crippen MR) is 96.8 cm³/mol. The number of hydrogen-bond acceptors (Lipinski definition) is 4. The zero-order valence-corrected chi connectivity index (χ0v) is 13.8. The lowest BCUT2D eigenvalue weighted by Crippen LogP contribution is -2.30. The first-order valence-corrected chi connectivity index (χ1v) is 8.20. The fourth-order valence-electron chi connectivity index (χ4n) is 2.56. The zero-order chi connectivity index (χ0) is 17.5. The van der Waals surface area contributed by atoms with Crippen molar-refractivity contribution < 1.29 is 14.3 Å². The van der Waals surface area contributed by atoms with Gasteiger partial charge >= 0.3 is 0 Å². The summed E-state index contributed by atoms with van der Waals surface area (Å²) in [5, 5.41) is 13.3. The van der Waals surface area contributed by atoms with Gasteiger partial charge in [0, 0.05) is 42.4 Å². The average Bonchev–Trinajstić information content (AvgIpc) is 3.07. The maximum absolute atomic E-state index is 12.0. The van der Waals surface area contributed by atoms with Crippen LogP contribution in [0.15, 0.2) is 65.2 Å². The normalized spacial score (nSPS) is 12.5. The topological polar surface area (TPSA) is 75.4 Å². The Morgan fingerprint density at radius 3 is 2.84 bits per heavy atom. The van der Waals surface area contributed by atoms with Crippen molar-refractivity contribution >= 4 is 23.0 Å². The van der Waals surface area contributed by atoms with Gasteiger partial charge in [-0.2, -0.15) is 0 Å². The number of amides is 1. The van der Waals surface area contributed by atoms with Crippen LogP contribution in [-0.4, -0.2) is 29.1 Å². The molecule has 1 amide bonds. The van der Waals surface area contributed by atoms with E-state index >= 15 is 0 Å². The number of aliphatic hydroxyl groups excluding tert-OH is 1. The van der Waals surface area contributed by atoms with Gasteiger partial charge in [0.1, 0.15) is 11.3 Å². The summed E-state index contributed by atoms with van der Waals surface area (Å²) in [6, 6.07) is 15.2. The van der Waals surface area contributed by atoms with E-state index in [1.165, 1.54) is 6.08 Å². The Hall–Kier alpha value is -2.92. The van der Waals surface area contributed by atoms with Gasteiger partial charge in [0.2, 0.25) is 5.91 Å². The van der Waals surface area contributed by atoms with Crippen LogP contribution in [-0.2, 0) is 11.2 Å². The summed E-state index contributed by atoms with van der Waals surface area (Å²) in [5.74, 6) is 0.335. The van der Waals surface area contributed by atoms with Gasteiger partial charge in [-0.1, -0.05) is 24.3 Å². The van der Waals surface area contributed by atoms with Crippen LogP contribution < -0.4 is 5.32 Å². The number of rotatable bonds is 7. The lowest BCUT2D eigenvalue weighted by atomic mass is 10.0. The number of nitrogens with one attached hydrogen (secondary N) is 1. The van der Waals surface area contributed by atoms with E-state index in [0.29, 0.717) is 18.7 Å². The Labute approximate surface area is 146 Å². The van der Waals surface area contributed by atoms with Gasteiger partial charge in [-0.05, 0) is 36.8 Å². The monoisotopic (exact) mass is 336 g/mol. The van der Waals surface area contributed by atoms with Gasteiger partial charge in [0.25, 0.3) is 0 Å². The van der Waals surface area contributed by atoms with Crippen LogP contribution >= 0.6 is 0 Å². The van der Waals surface area contributed by atoms with E-state index < -0.39 is 0 Å². The number of carbonyl (C=O) groups excluding carboxylic acids is 1. The minimum absolute atomic E-state index is 0.00978. The Kier molecular flexibility index (Phi) is 5.59. The molecule has 25 heavy (non-hydrogen) atoms. The van der Waals surface area contributed by atoms with Crippen molar-refractivity contribution in [1.29, 1.82) is 0 Å². The number of aliphatic hydroxyl groups is 1. The van der Waals surface area contributed by atoms with Crippen LogP contribution in [0.4, 0.5) is 0 Å². The van der Waals surface area contributed by atoms with Crippen LogP contribution in [0.1, 0.15) is 11.5 Å². The molecule has 0 aliphatic rings. The predicted octanol–water partition coefficient (Wildman–Crippen LogP) is 2.81. The summed E-state index contributed by atoms with van der Waals surface area (Å²) < 4.78 is 5.63. The molecule has 0 radical (unpaired) electrons. The summed E-state index contributed by atoms with van der Waals surface area (Å²) in [7, 11) is 0. The highest BCUT2D eigenvalue weighted by molar-refractivity contribution is 5.92. The molecule has 1 atom stereocenters. The lowest BCUT2D eigenvalue weighted by molar-refractivity contribution is -0.116. The summed E-state index contributed by atoms with van der Waals surface area (Å²) in [6.07, 6.45) is 5.41. The summed E-state index contributed by atoms with van der Waals surface area (Å²) >= 11 is 0. The van der Waals surface area contributed by atoms with E-state index in [9.17, 15) is 9.90 Å². The molecule has 1 aromatic carbocycles. The molecule has 2 N–H and O–H groups in total. The van der Waals surface area contributed by atoms with Crippen molar-refractivity contribution in [3.63, 3.8) is 0 Å². The highest BCUT2D eigenvalue weighted by atomic mass is 16.3. The zero-order valence-electron chi connectivity index (χ0n) is 13.8. The van der Waals surface area contributed by atoms with Crippen LogP contribution in [0, 0.1) is 5.92 Å². The van der Waals surface area contributed by atoms with Crippen molar-refractivity contribution in [1.82, 2.24) is 10.3 Å². The molecule has 0 saturated carbocycles. The van der Waals surface area contributed by atoms with Gasteiger partial charge in [-0.25, -0.2) is 0 Å². The van der Waals surface area contributed by atoms with Crippen molar-refractivity contribution in [2.75, 3.05) is 13.2 Å². The van der Waals surface area contributed by atoms with Gasteiger partial charge < -0.3 is 14.8 Å². The van der Waals surface area contributed by atoms with Crippen LogP contribution in [0.25, 0.3) is 17.0 Å². The third-order valence-electron chi connectivity index (χ3n) is 3.89. The highest BCUT2D eigenvalue weighted by Crippen LogP contribution is 2.19. The molecule has 1 unspecified atom stereocenters. The Morgan fingerprint density at radius 2 is 2.08 bits per heavy atom. The van der Waals surface area contributed by atoms with Crippen LogP contribution in [0.5, 0.6) is 0 Å². The number of furan rings is 1. The number of fused-ring (bicyclic) bond motifs is 1. The molecule has 0 spiro atoms. The molecule has 128 valence electrons. The van der Waals surface area contributed by atoms with Gasteiger partial charge in [0.05, 0.1) is 0 Å². The number of pyridine rings is 1. The number of para-hydroxylation sites is 1. The third-order valence-corrected chi connectivity index (χ3v) is 3.89. The van der Waals surface area contributed by atoms with Gasteiger partial charge in [-0.15, -0.1) is 0 Å². The van der Waals surface area contributed by atoms with Crippen LogP contribution in [0.2, 0.25) is 0 Å². The minimum Gasteiger partial charge on any atom is -0.457 e. The van der Waals surface area contributed by atoms with E-state index in [1.807, 2.05) is 48.5 Å². The van der Waals surface area contributed by atoms with E-state index in [-0.39, 0.29) is 18.4 Å². The maximum atomic E-state index is 12.0. The van der Waals surface area contributed by atoms with Crippen molar-refractivity contribution in [3.8, 4) is 0 Å². The fraction of sp³-hybridized carbons (Fsp3) is 0.200. The molecule has 5 nitrogen and oxygen atoms in total. The van der Waals surface area contributed by atoms with E-state index in [1.54, 1.807) is 12.3 Å². The number of nitrogens with zero attached hydrogens (tertiary/aromatic N) is 1. The molecule has 0 bridgehead atoms. The molecule has 5 heteroatoms. The first kappa shape index (κ1) is 16.9. The Bertz CT molecular complexity index is 823. The maximum Gasteiger partial charge on any atom is 0.244 e. The number of aromatic nitrogens is 1. The SMILES string of the molecule is O=C(C=Cc1cc2ccccc2o1)NCC(CO)Cc1ccccn1. The largest absolute Gasteiger partial charge is 0.457 e. The fourth-order valence-corrected chi connectivity index (χ4v) is 2.56. The lowest BCUT2D eigenvalue weighted by Gasteiger charge is -2.13. The second-order valence-electron chi connectivity index (χ2n) is 5.84. The molecular weight excluding hydrogens is 316 g/mol. The highest BCUT2D eigenvalue weighted by Gasteiger charge is 2.10.